The normalized spacial score (nSPS) is 17.6. The number of cyclic esters (lactones) is 1. The first-order valence-electron chi connectivity index (χ1n) is 7.82. The summed E-state index contributed by atoms with van der Waals surface area (Å²) in [6.07, 6.45) is -0.798. The smallest absolute Gasteiger partial charge is 0.428 e. The molecule has 2 aromatic rings. The Labute approximate surface area is 154 Å². The van der Waals surface area contributed by atoms with Gasteiger partial charge in [0.2, 0.25) is 0 Å². The predicted molar refractivity (Wildman–Crippen MR) is 99.1 cm³/mol. The maximum absolute atomic E-state index is 11.9. The number of hydrogen-bond acceptors (Lipinski definition) is 5. The molecule has 1 fully saturated rings. The highest BCUT2D eigenvalue weighted by atomic mass is 79.9. The van der Waals surface area contributed by atoms with E-state index < -0.39 is 6.09 Å². The summed E-state index contributed by atoms with van der Waals surface area (Å²) >= 11 is 3.41. The minimum Gasteiger partial charge on any atom is -0.428 e. The monoisotopic (exact) mass is 403 g/mol. The number of amides is 1. The summed E-state index contributed by atoms with van der Waals surface area (Å²) in [4.78, 5) is 17.4. The van der Waals surface area contributed by atoms with Crippen LogP contribution in [0.5, 0.6) is 0 Å². The molecule has 1 N–H and O–H groups in total. The first-order chi connectivity index (χ1) is 12.0. The van der Waals surface area contributed by atoms with E-state index in [-0.39, 0.29) is 12.8 Å². The van der Waals surface area contributed by atoms with E-state index >= 15 is 0 Å². The van der Waals surface area contributed by atoms with Crippen molar-refractivity contribution < 1.29 is 14.4 Å². The van der Waals surface area contributed by atoms with E-state index in [2.05, 4.69) is 26.5 Å². The predicted octanol–water partition coefficient (Wildman–Crippen LogP) is 4.20. The Bertz CT molecular complexity index is 792. The van der Waals surface area contributed by atoms with Gasteiger partial charge in [0.1, 0.15) is 6.61 Å². The number of oxime groups is 1. The molecule has 1 unspecified atom stereocenters. The van der Waals surface area contributed by atoms with Crippen molar-refractivity contribution in [3.8, 4) is 0 Å². The molecule has 1 saturated heterocycles. The topological polar surface area (TPSA) is 63.2 Å². The lowest BCUT2D eigenvalue weighted by atomic mass is 10.1. The number of nitrogens with one attached hydrogen (secondary N) is 1. The van der Waals surface area contributed by atoms with Gasteiger partial charge >= 0.3 is 6.09 Å². The van der Waals surface area contributed by atoms with Gasteiger partial charge in [-0.05, 0) is 37.6 Å². The molecular weight excluding hydrogens is 386 g/mol. The van der Waals surface area contributed by atoms with Gasteiger partial charge in [-0.1, -0.05) is 51.4 Å². The van der Waals surface area contributed by atoms with E-state index in [1.165, 1.54) is 5.01 Å². The van der Waals surface area contributed by atoms with Gasteiger partial charge in [-0.3, -0.25) is 0 Å². The van der Waals surface area contributed by atoms with Crippen LogP contribution in [-0.4, -0.2) is 18.0 Å². The summed E-state index contributed by atoms with van der Waals surface area (Å²) in [5.74, 6) is 0. The van der Waals surface area contributed by atoms with Crippen molar-refractivity contribution in [2.24, 2.45) is 5.16 Å². The molecule has 1 atom stereocenters. The first kappa shape index (κ1) is 17.4. The third-order valence-electron chi connectivity index (χ3n) is 3.69. The van der Waals surface area contributed by atoms with Crippen molar-refractivity contribution in [1.29, 1.82) is 0 Å². The van der Waals surface area contributed by atoms with Gasteiger partial charge in [-0.2, -0.15) is 5.43 Å². The Balaban J connectivity index is 1.70. The fourth-order valence-corrected chi connectivity index (χ4v) is 2.69. The van der Waals surface area contributed by atoms with E-state index in [4.69, 9.17) is 9.57 Å². The molecular formula is C18H18BrN3O3. The quantitative estimate of drug-likeness (QED) is 0.600. The summed E-state index contributed by atoms with van der Waals surface area (Å²) in [6, 6.07) is 15.3. The second-order valence-electron chi connectivity index (χ2n) is 5.58. The average Bonchev–Trinajstić information content (AvgIpc) is 2.94. The molecule has 130 valence electrons. The number of para-hydroxylation sites is 1. The third-order valence-corrected chi connectivity index (χ3v) is 4.22. The number of carbonyl (C=O) groups is 1. The van der Waals surface area contributed by atoms with Gasteiger partial charge in [-0.25, -0.2) is 9.80 Å². The number of benzene rings is 2. The zero-order chi connectivity index (χ0) is 17.8. The molecule has 0 radical (unpaired) electrons. The Kier molecular flexibility index (Phi) is 5.35. The van der Waals surface area contributed by atoms with Crippen LogP contribution in [0, 0.1) is 0 Å². The van der Waals surface area contributed by atoms with Crippen LogP contribution < -0.4 is 10.4 Å². The van der Waals surface area contributed by atoms with Gasteiger partial charge < -0.3 is 9.57 Å². The number of anilines is 1. The minimum atomic E-state index is -0.436. The first-order valence-corrected chi connectivity index (χ1v) is 8.61. The zero-order valence-corrected chi connectivity index (χ0v) is 15.5. The molecule has 0 spiro atoms. The lowest BCUT2D eigenvalue weighted by molar-refractivity contribution is 0.130. The van der Waals surface area contributed by atoms with Crippen molar-refractivity contribution in [2.45, 2.75) is 26.7 Å². The van der Waals surface area contributed by atoms with Gasteiger partial charge in [0.25, 0.3) is 0 Å². The molecule has 25 heavy (non-hydrogen) atoms. The Morgan fingerprint density at radius 2 is 2.00 bits per heavy atom. The van der Waals surface area contributed by atoms with Crippen LogP contribution in [-0.2, 0) is 16.2 Å². The summed E-state index contributed by atoms with van der Waals surface area (Å²) in [6.45, 7) is 3.89. The molecule has 1 aliphatic rings. The van der Waals surface area contributed by atoms with E-state index in [0.29, 0.717) is 5.69 Å². The Morgan fingerprint density at radius 1 is 1.28 bits per heavy atom. The minimum absolute atomic E-state index is 0.240. The van der Waals surface area contributed by atoms with Gasteiger partial charge in [0.15, 0.2) is 6.23 Å². The standard InChI is InChI=1S/C18H18BrN3O3/c1-12(14-7-9-16(19)10-8-14)21-24-11-15-5-3-4-6-17(15)22-18(23)25-13(2)20-22/h3-10,13,20H,11H2,1-2H3/b21-12+. The van der Waals surface area contributed by atoms with Crippen LogP contribution in [0.2, 0.25) is 0 Å². The molecule has 2 aromatic carbocycles. The van der Waals surface area contributed by atoms with E-state index in [1.54, 1.807) is 6.92 Å². The molecule has 6 nitrogen and oxygen atoms in total. The zero-order valence-electron chi connectivity index (χ0n) is 13.9. The second-order valence-corrected chi connectivity index (χ2v) is 6.49. The van der Waals surface area contributed by atoms with Crippen molar-refractivity contribution in [2.75, 3.05) is 5.01 Å². The van der Waals surface area contributed by atoms with Gasteiger partial charge in [0.05, 0.1) is 11.4 Å². The molecule has 1 aliphatic heterocycles. The molecule has 0 bridgehead atoms. The van der Waals surface area contributed by atoms with Gasteiger partial charge in [0, 0.05) is 10.0 Å². The van der Waals surface area contributed by atoms with Crippen LogP contribution in [0.1, 0.15) is 25.0 Å². The molecule has 7 heteroatoms. The van der Waals surface area contributed by atoms with Crippen LogP contribution in [0.25, 0.3) is 0 Å². The van der Waals surface area contributed by atoms with E-state index in [1.807, 2.05) is 55.5 Å². The number of carbonyl (C=O) groups excluding carboxylic acids is 1. The number of rotatable bonds is 5. The highest BCUT2D eigenvalue weighted by molar-refractivity contribution is 9.10. The van der Waals surface area contributed by atoms with Crippen molar-refractivity contribution in [1.82, 2.24) is 5.43 Å². The number of halogens is 1. The second kappa shape index (κ2) is 7.67. The Hall–Kier alpha value is -2.38. The van der Waals surface area contributed by atoms with Crippen molar-refractivity contribution in [3.05, 3.63) is 64.1 Å². The fraction of sp³-hybridized carbons (Fsp3) is 0.222. The SMILES string of the molecule is C/C(=N\OCc1ccccc1N1NC(C)OC1=O)c1ccc(Br)cc1. The summed E-state index contributed by atoms with van der Waals surface area (Å²) in [7, 11) is 0. The summed E-state index contributed by atoms with van der Waals surface area (Å²) < 4.78 is 6.11. The van der Waals surface area contributed by atoms with E-state index in [0.717, 1.165) is 21.3 Å². The largest absolute Gasteiger partial charge is 0.430 e. The lowest BCUT2D eigenvalue weighted by Gasteiger charge is -2.16. The van der Waals surface area contributed by atoms with Crippen molar-refractivity contribution >= 4 is 33.4 Å². The molecule has 0 aliphatic carbocycles. The third kappa shape index (κ3) is 4.18. The number of hydrogen-bond donors (Lipinski definition) is 1. The summed E-state index contributed by atoms with van der Waals surface area (Å²) in [5, 5.41) is 5.55. The fourth-order valence-electron chi connectivity index (χ4n) is 2.43. The Morgan fingerprint density at radius 3 is 2.68 bits per heavy atom. The highest BCUT2D eigenvalue weighted by Crippen LogP contribution is 2.23. The van der Waals surface area contributed by atoms with Crippen LogP contribution in [0.4, 0.5) is 10.5 Å². The number of ether oxygens (including phenoxy) is 1. The van der Waals surface area contributed by atoms with Crippen LogP contribution in [0.15, 0.2) is 58.2 Å². The molecule has 0 aromatic heterocycles. The van der Waals surface area contributed by atoms with Gasteiger partial charge in [-0.15, -0.1) is 0 Å². The van der Waals surface area contributed by atoms with Crippen LogP contribution >= 0.6 is 15.9 Å². The highest BCUT2D eigenvalue weighted by Gasteiger charge is 2.30. The summed E-state index contributed by atoms with van der Waals surface area (Å²) in [5.41, 5.74) is 6.23. The van der Waals surface area contributed by atoms with Crippen LogP contribution in [0.3, 0.4) is 0 Å². The molecule has 1 heterocycles. The van der Waals surface area contributed by atoms with E-state index in [9.17, 15) is 4.79 Å². The lowest BCUT2D eigenvalue weighted by Crippen LogP contribution is -2.36. The maximum atomic E-state index is 11.9. The molecule has 3 rings (SSSR count). The maximum Gasteiger partial charge on any atom is 0.430 e. The molecule has 0 saturated carbocycles. The number of nitrogens with zero attached hydrogens (tertiary/aromatic N) is 2. The molecule has 1 amide bonds. The van der Waals surface area contributed by atoms with Crippen molar-refractivity contribution in [3.63, 3.8) is 0 Å². The average molecular weight is 404 g/mol. The number of hydrazine groups is 1.